The standard InChI is InChI=1S/C25H19ClN2O4/c1-31-23(29)21-22(24(30)32-2)27-28(16-13-11-15(26)12-14-16)25(21)19-9-5-3-7-17(19)18-8-4-6-10-20(18)25/h3-14,21H,1-2H3. The fourth-order valence-corrected chi connectivity index (χ4v) is 4.98. The van der Waals surface area contributed by atoms with E-state index in [0.29, 0.717) is 10.7 Å². The van der Waals surface area contributed by atoms with Gasteiger partial charge in [0.05, 0.1) is 19.9 Å². The molecule has 3 aromatic rings. The molecule has 1 heterocycles. The third-order valence-corrected chi connectivity index (χ3v) is 6.35. The smallest absolute Gasteiger partial charge is 0.355 e. The number of esters is 2. The van der Waals surface area contributed by atoms with E-state index in [2.05, 4.69) is 5.10 Å². The molecule has 1 spiro atoms. The summed E-state index contributed by atoms with van der Waals surface area (Å²) in [6, 6.07) is 22.8. The van der Waals surface area contributed by atoms with Crippen LogP contribution in [0.25, 0.3) is 11.1 Å². The highest BCUT2D eigenvalue weighted by atomic mass is 35.5. The lowest BCUT2D eigenvalue weighted by Gasteiger charge is -2.39. The van der Waals surface area contributed by atoms with Crippen LogP contribution < -0.4 is 5.01 Å². The van der Waals surface area contributed by atoms with Crippen LogP contribution in [-0.2, 0) is 24.6 Å². The maximum absolute atomic E-state index is 13.3. The number of hydrogen-bond donors (Lipinski definition) is 0. The summed E-state index contributed by atoms with van der Waals surface area (Å²) >= 11 is 6.13. The second-order valence-electron chi connectivity index (χ2n) is 7.58. The zero-order valence-corrected chi connectivity index (χ0v) is 18.2. The summed E-state index contributed by atoms with van der Waals surface area (Å²) in [6.45, 7) is 0. The molecule has 7 heteroatoms. The number of carbonyl (C=O) groups excluding carboxylic acids is 2. The van der Waals surface area contributed by atoms with Gasteiger partial charge in [-0.15, -0.1) is 0 Å². The van der Waals surface area contributed by atoms with Gasteiger partial charge in [0.15, 0.2) is 5.71 Å². The summed E-state index contributed by atoms with van der Waals surface area (Å²) in [5.41, 5.74) is 3.19. The zero-order valence-electron chi connectivity index (χ0n) is 17.4. The molecule has 1 aliphatic carbocycles. The number of benzene rings is 3. The average molecular weight is 447 g/mol. The number of nitrogens with zero attached hydrogens (tertiary/aromatic N) is 2. The Hall–Kier alpha value is -3.64. The summed E-state index contributed by atoms with van der Waals surface area (Å²) in [6.07, 6.45) is 0. The molecule has 32 heavy (non-hydrogen) atoms. The molecule has 3 aromatic carbocycles. The summed E-state index contributed by atoms with van der Waals surface area (Å²) in [5.74, 6) is -2.30. The van der Waals surface area contributed by atoms with Crippen molar-refractivity contribution in [3.05, 3.63) is 88.9 Å². The predicted octanol–water partition coefficient (Wildman–Crippen LogP) is 4.40. The van der Waals surface area contributed by atoms with Gasteiger partial charge in [-0.05, 0) is 46.5 Å². The van der Waals surface area contributed by atoms with Gasteiger partial charge in [0.1, 0.15) is 11.5 Å². The molecule has 0 bridgehead atoms. The molecule has 0 amide bonds. The third kappa shape index (κ3) is 2.63. The van der Waals surface area contributed by atoms with Crippen molar-refractivity contribution < 1.29 is 19.1 Å². The number of rotatable bonds is 3. The van der Waals surface area contributed by atoms with E-state index in [4.69, 9.17) is 21.1 Å². The summed E-state index contributed by atoms with van der Waals surface area (Å²) in [7, 11) is 2.58. The van der Waals surface area contributed by atoms with Crippen molar-refractivity contribution in [3.63, 3.8) is 0 Å². The molecule has 0 radical (unpaired) electrons. The van der Waals surface area contributed by atoms with Gasteiger partial charge in [0, 0.05) is 5.02 Å². The highest BCUT2D eigenvalue weighted by Crippen LogP contribution is 2.58. The van der Waals surface area contributed by atoms with Gasteiger partial charge in [-0.2, -0.15) is 5.10 Å². The zero-order chi connectivity index (χ0) is 22.5. The van der Waals surface area contributed by atoms with Gasteiger partial charge in [-0.1, -0.05) is 60.1 Å². The van der Waals surface area contributed by atoms with E-state index in [1.54, 1.807) is 17.1 Å². The number of carbonyl (C=O) groups is 2. The number of fused-ring (bicyclic) bond motifs is 5. The predicted molar refractivity (Wildman–Crippen MR) is 122 cm³/mol. The SMILES string of the molecule is COC(=O)C1=NN(c2ccc(Cl)cc2)C2(c3ccccc3-c3ccccc32)C1C(=O)OC. The lowest BCUT2D eigenvalue weighted by atomic mass is 9.74. The molecule has 160 valence electrons. The second-order valence-corrected chi connectivity index (χ2v) is 8.02. The number of halogens is 1. The van der Waals surface area contributed by atoms with Crippen LogP contribution in [0.1, 0.15) is 11.1 Å². The Morgan fingerprint density at radius 3 is 1.97 bits per heavy atom. The van der Waals surface area contributed by atoms with Crippen LogP contribution in [0.15, 0.2) is 77.9 Å². The van der Waals surface area contributed by atoms with Crippen molar-refractivity contribution in [2.24, 2.45) is 11.0 Å². The van der Waals surface area contributed by atoms with Crippen molar-refractivity contribution in [1.82, 2.24) is 0 Å². The van der Waals surface area contributed by atoms with Gasteiger partial charge in [0.2, 0.25) is 0 Å². The minimum Gasteiger partial charge on any atom is -0.468 e. The fraction of sp³-hybridized carbons (Fsp3) is 0.160. The monoisotopic (exact) mass is 446 g/mol. The Bertz CT molecular complexity index is 1220. The second kappa shape index (κ2) is 7.50. The molecular formula is C25H19ClN2O4. The first-order valence-corrected chi connectivity index (χ1v) is 10.4. The average Bonchev–Trinajstić information content (AvgIpc) is 3.34. The summed E-state index contributed by atoms with van der Waals surface area (Å²) in [5, 5.41) is 6.96. The minimum absolute atomic E-state index is 0.0131. The van der Waals surface area contributed by atoms with Crippen LogP contribution in [0.2, 0.25) is 5.02 Å². The highest BCUT2D eigenvalue weighted by molar-refractivity contribution is 6.42. The van der Waals surface area contributed by atoms with Crippen LogP contribution in [0.5, 0.6) is 0 Å². The molecular weight excluding hydrogens is 428 g/mol. The van der Waals surface area contributed by atoms with Crippen molar-refractivity contribution >= 4 is 34.9 Å². The van der Waals surface area contributed by atoms with Crippen LogP contribution >= 0.6 is 11.6 Å². The molecule has 0 saturated heterocycles. The van der Waals surface area contributed by atoms with E-state index in [0.717, 1.165) is 22.3 Å². The van der Waals surface area contributed by atoms with Crippen molar-refractivity contribution in [1.29, 1.82) is 0 Å². The molecule has 0 N–H and O–H groups in total. The van der Waals surface area contributed by atoms with E-state index in [1.165, 1.54) is 14.2 Å². The molecule has 0 saturated carbocycles. The van der Waals surface area contributed by atoms with Crippen LogP contribution in [0.4, 0.5) is 5.69 Å². The molecule has 5 rings (SSSR count). The van der Waals surface area contributed by atoms with Crippen molar-refractivity contribution in [2.45, 2.75) is 5.54 Å². The Kier molecular flexibility index (Phi) is 4.75. The molecule has 2 aliphatic rings. The van der Waals surface area contributed by atoms with E-state index >= 15 is 0 Å². The lowest BCUT2D eigenvalue weighted by molar-refractivity contribution is -0.145. The van der Waals surface area contributed by atoms with Gasteiger partial charge >= 0.3 is 11.9 Å². The Morgan fingerprint density at radius 2 is 1.44 bits per heavy atom. The van der Waals surface area contributed by atoms with E-state index in [1.807, 2.05) is 60.7 Å². The topological polar surface area (TPSA) is 68.2 Å². The Morgan fingerprint density at radius 1 is 0.875 bits per heavy atom. The van der Waals surface area contributed by atoms with Gasteiger partial charge in [0.25, 0.3) is 0 Å². The maximum atomic E-state index is 13.3. The normalized spacial score (nSPS) is 17.5. The number of hydrogen-bond acceptors (Lipinski definition) is 6. The highest BCUT2D eigenvalue weighted by Gasteiger charge is 2.63. The van der Waals surface area contributed by atoms with Crippen molar-refractivity contribution in [2.75, 3.05) is 19.2 Å². The van der Waals surface area contributed by atoms with E-state index < -0.39 is 23.4 Å². The van der Waals surface area contributed by atoms with Gasteiger partial charge in [-0.3, -0.25) is 4.79 Å². The summed E-state index contributed by atoms with van der Waals surface area (Å²) in [4.78, 5) is 26.1. The minimum atomic E-state index is -1.13. The van der Waals surface area contributed by atoms with Crippen molar-refractivity contribution in [3.8, 4) is 11.1 Å². The maximum Gasteiger partial charge on any atom is 0.355 e. The van der Waals surface area contributed by atoms with Gasteiger partial charge in [-0.25, -0.2) is 9.80 Å². The quantitative estimate of drug-likeness (QED) is 0.558. The van der Waals surface area contributed by atoms with Crippen LogP contribution in [-0.4, -0.2) is 31.9 Å². The van der Waals surface area contributed by atoms with Crippen LogP contribution in [0.3, 0.4) is 0 Å². The number of hydrazone groups is 1. The lowest BCUT2D eigenvalue weighted by Crippen LogP contribution is -2.50. The molecule has 0 fully saturated rings. The summed E-state index contributed by atoms with van der Waals surface area (Å²) < 4.78 is 10.2. The third-order valence-electron chi connectivity index (χ3n) is 6.10. The molecule has 1 unspecified atom stereocenters. The van der Waals surface area contributed by atoms with E-state index in [9.17, 15) is 9.59 Å². The number of ether oxygens (including phenoxy) is 2. The molecule has 0 aromatic heterocycles. The Balaban J connectivity index is 1.89. The van der Waals surface area contributed by atoms with Crippen LogP contribution in [0, 0.1) is 5.92 Å². The fourth-order valence-electron chi connectivity index (χ4n) is 4.86. The molecule has 1 aliphatic heterocycles. The molecule has 1 atom stereocenters. The molecule has 6 nitrogen and oxygen atoms in total. The first-order chi connectivity index (χ1) is 15.5. The van der Waals surface area contributed by atoms with E-state index in [-0.39, 0.29) is 5.71 Å². The number of methoxy groups -OCH3 is 2. The van der Waals surface area contributed by atoms with Gasteiger partial charge < -0.3 is 9.47 Å². The largest absolute Gasteiger partial charge is 0.468 e. The first kappa shape index (κ1) is 20.3. The Labute approximate surface area is 190 Å². The number of anilines is 1. The first-order valence-electron chi connectivity index (χ1n) is 10.0.